The van der Waals surface area contributed by atoms with Crippen molar-refractivity contribution in [3.63, 3.8) is 0 Å². The second-order valence-corrected chi connectivity index (χ2v) is 3.35. The fourth-order valence-electron chi connectivity index (χ4n) is 1.06. The lowest BCUT2D eigenvalue weighted by atomic mass is 10.1. The van der Waals surface area contributed by atoms with Crippen molar-refractivity contribution in [3.8, 4) is 0 Å². The fourth-order valence-corrected chi connectivity index (χ4v) is 1.06. The van der Waals surface area contributed by atoms with Gasteiger partial charge in [-0.25, -0.2) is 0 Å². The first-order chi connectivity index (χ1) is 5.68. The number of ether oxygens (including phenoxy) is 1. The van der Waals surface area contributed by atoms with E-state index in [1.54, 1.807) is 0 Å². The standard InChI is InChI=1S/C11H16O/c1-9(2)12-8-11-6-4-5-10(3)7-11/h4-7,9H,8H2,1-3H3. The molecule has 0 aliphatic heterocycles. The number of hydrogen-bond acceptors (Lipinski definition) is 1. The Morgan fingerprint density at radius 1 is 1.33 bits per heavy atom. The summed E-state index contributed by atoms with van der Waals surface area (Å²) in [5.41, 5.74) is 2.54. The highest BCUT2D eigenvalue weighted by atomic mass is 16.5. The Hall–Kier alpha value is -0.820. The Labute approximate surface area is 74.4 Å². The monoisotopic (exact) mass is 164 g/mol. The Morgan fingerprint density at radius 2 is 2.08 bits per heavy atom. The molecule has 0 bridgehead atoms. The molecule has 1 aromatic carbocycles. The van der Waals surface area contributed by atoms with E-state index >= 15 is 0 Å². The molecule has 0 saturated heterocycles. The summed E-state index contributed by atoms with van der Waals surface area (Å²) in [6.07, 6.45) is 0.311. The molecule has 12 heavy (non-hydrogen) atoms. The molecule has 0 aliphatic carbocycles. The van der Waals surface area contributed by atoms with Crippen LogP contribution in [0.2, 0.25) is 0 Å². The highest BCUT2D eigenvalue weighted by molar-refractivity contribution is 5.21. The summed E-state index contributed by atoms with van der Waals surface area (Å²) < 4.78 is 5.48. The van der Waals surface area contributed by atoms with E-state index in [4.69, 9.17) is 4.74 Å². The third-order valence-electron chi connectivity index (χ3n) is 1.67. The summed E-state index contributed by atoms with van der Waals surface area (Å²) in [5, 5.41) is 0. The largest absolute Gasteiger partial charge is 0.374 e. The van der Waals surface area contributed by atoms with Crippen LogP contribution in [0.1, 0.15) is 25.0 Å². The van der Waals surface area contributed by atoms with Gasteiger partial charge in [0.25, 0.3) is 0 Å². The minimum Gasteiger partial charge on any atom is -0.374 e. The van der Waals surface area contributed by atoms with Gasteiger partial charge in [0.05, 0.1) is 12.7 Å². The van der Waals surface area contributed by atoms with E-state index in [0.29, 0.717) is 6.10 Å². The lowest BCUT2D eigenvalue weighted by molar-refractivity contribution is 0.0657. The summed E-state index contributed by atoms with van der Waals surface area (Å²) in [6, 6.07) is 8.41. The zero-order valence-electron chi connectivity index (χ0n) is 8.00. The number of aryl methyl sites for hydroxylation is 1. The van der Waals surface area contributed by atoms with Gasteiger partial charge in [-0.1, -0.05) is 29.8 Å². The molecule has 0 spiro atoms. The molecule has 0 amide bonds. The van der Waals surface area contributed by atoms with Gasteiger partial charge in [-0.3, -0.25) is 0 Å². The Kier molecular flexibility index (Phi) is 3.30. The van der Waals surface area contributed by atoms with Gasteiger partial charge in [-0.2, -0.15) is 0 Å². The zero-order valence-corrected chi connectivity index (χ0v) is 8.00. The van der Waals surface area contributed by atoms with Crippen molar-refractivity contribution in [2.24, 2.45) is 0 Å². The lowest BCUT2D eigenvalue weighted by Gasteiger charge is -2.07. The van der Waals surface area contributed by atoms with Gasteiger partial charge >= 0.3 is 0 Å². The molecular formula is C11H16O. The Balaban J connectivity index is 2.52. The van der Waals surface area contributed by atoms with Gasteiger partial charge < -0.3 is 4.74 Å². The first kappa shape index (κ1) is 9.27. The normalized spacial score (nSPS) is 10.7. The molecule has 0 saturated carbocycles. The predicted octanol–water partition coefficient (Wildman–Crippen LogP) is 2.92. The minimum absolute atomic E-state index is 0.311. The quantitative estimate of drug-likeness (QED) is 0.667. The van der Waals surface area contributed by atoms with Crippen LogP contribution in [0.5, 0.6) is 0 Å². The summed E-state index contributed by atoms with van der Waals surface area (Å²) in [6.45, 7) is 6.92. The molecule has 0 aliphatic rings. The third-order valence-corrected chi connectivity index (χ3v) is 1.67. The van der Waals surface area contributed by atoms with Crippen LogP contribution in [0, 0.1) is 6.92 Å². The van der Waals surface area contributed by atoms with Crippen LogP contribution in [0.15, 0.2) is 24.3 Å². The summed E-state index contributed by atoms with van der Waals surface area (Å²) in [7, 11) is 0. The fraction of sp³-hybridized carbons (Fsp3) is 0.455. The maximum Gasteiger partial charge on any atom is 0.0720 e. The van der Waals surface area contributed by atoms with Gasteiger partial charge in [-0.05, 0) is 26.3 Å². The molecule has 1 rings (SSSR count). The number of rotatable bonds is 3. The van der Waals surface area contributed by atoms with Crippen LogP contribution in [0.25, 0.3) is 0 Å². The third kappa shape index (κ3) is 3.05. The summed E-state index contributed by atoms with van der Waals surface area (Å²) >= 11 is 0. The first-order valence-corrected chi connectivity index (χ1v) is 4.35. The minimum atomic E-state index is 0.311. The van der Waals surface area contributed by atoms with Crippen molar-refractivity contribution in [1.29, 1.82) is 0 Å². The first-order valence-electron chi connectivity index (χ1n) is 4.35. The Morgan fingerprint density at radius 3 is 2.67 bits per heavy atom. The summed E-state index contributed by atoms with van der Waals surface area (Å²) in [4.78, 5) is 0. The van der Waals surface area contributed by atoms with E-state index in [9.17, 15) is 0 Å². The molecule has 66 valence electrons. The van der Waals surface area contributed by atoms with Crippen LogP contribution < -0.4 is 0 Å². The maximum absolute atomic E-state index is 5.48. The molecular weight excluding hydrogens is 148 g/mol. The SMILES string of the molecule is Cc1cccc(COC(C)C)c1. The van der Waals surface area contributed by atoms with Gasteiger partial charge in [0, 0.05) is 0 Å². The second kappa shape index (κ2) is 4.27. The molecule has 1 nitrogen and oxygen atoms in total. The van der Waals surface area contributed by atoms with Gasteiger partial charge in [0.2, 0.25) is 0 Å². The van der Waals surface area contributed by atoms with Gasteiger partial charge in [0.1, 0.15) is 0 Å². The average Bonchev–Trinajstić information content (AvgIpc) is 2.01. The van der Waals surface area contributed by atoms with Gasteiger partial charge in [-0.15, -0.1) is 0 Å². The van der Waals surface area contributed by atoms with Crippen LogP contribution in [0.3, 0.4) is 0 Å². The summed E-state index contributed by atoms with van der Waals surface area (Å²) in [5.74, 6) is 0. The van der Waals surface area contributed by atoms with Crippen molar-refractivity contribution in [3.05, 3.63) is 35.4 Å². The van der Waals surface area contributed by atoms with Crippen LogP contribution in [-0.2, 0) is 11.3 Å². The van der Waals surface area contributed by atoms with E-state index in [1.165, 1.54) is 11.1 Å². The van der Waals surface area contributed by atoms with Crippen molar-refractivity contribution in [2.75, 3.05) is 0 Å². The van der Waals surface area contributed by atoms with Gasteiger partial charge in [0.15, 0.2) is 0 Å². The average molecular weight is 164 g/mol. The second-order valence-electron chi connectivity index (χ2n) is 3.35. The molecule has 0 fully saturated rings. The van der Waals surface area contributed by atoms with Crippen molar-refractivity contribution >= 4 is 0 Å². The molecule has 0 N–H and O–H groups in total. The van der Waals surface area contributed by atoms with E-state index in [2.05, 4.69) is 45.0 Å². The number of hydrogen-bond donors (Lipinski definition) is 0. The Bertz CT molecular complexity index is 241. The molecule has 0 unspecified atom stereocenters. The maximum atomic E-state index is 5.48. The smallest absolute Gasteiger partial charge is 0.0720 e. The zero-order chi connectivity index (χ0) is 8.97. The molecule has 1 heteroatoms. The number of benzene rings is 1. The van der Waals surface area contributed by atoms with E-state index < -0.39 is 0 Å². The van der Waals surface area contributed by atoms with E-state index in [0.717, 1.165) is 6.61 Å². The van der Waals surface area contributed by atoms with Crippen LogP contribution in [0.4, 0.5) is 0 Å². The molecule has 0 atom stereocenters. The topological polar surface area (TPSA) is 9.23 Å². The van der Waals surface area contributed by atoms with Crippen molar-refractivity contribution in [1.82, 2.24) is 0 Å². The van der Waals surface area contributed by atoms with Crippen molar-refractivity contribution in [2.45, 2.75) is 33.5 Å². The highest BCUT2D eigenvalue weighted by Crippen LogP contribution is 2.06. The molecule has 0 aromatic heterocycles. The predicted molar refractivity (Wildman–Crippen MR) is 51.1 cm³/mol. The highest BCUT2D eigenvalue weighted by Gasteiger charge is 1.95. The van der Waals surface area contributed by atoms with E-state index in [1.807, 2.05) is 0 Å². The van der Waals surface area contributed by atoms with E-state index in [-0.39, 0.29) is 0 Å². The van der Waals surface area contributed by atoms with Crippen LogP contribution >= 0.6 is 0 Å². The van der Waals surface area contributed by atoms with Crippen molar-refractivity contribution < 1.29 is 4.74 Å². The molecule has 1 aromatic rings. The van der Waals surface area contributed by atoms with Crippen LogP contribution in [-0.4, -0.2) is 6.10 Å². The lowest BCUT2D eigenvalue weighted by Crippen LogP contribution is -2.02. The molecule has 0 heterocycles. The molecule has 0 radical (unpaired) electrons.